The van der Waals surface area contributed by atoms with Gasteiger partial charge in [0.1, 0.15) is 11.1 Å². The maximum atomic E-state index is 12.9. The van der Waals surface area contributed by atoms with Crippen molar-refractivity contribution in [1.82, 2.24) is 0 Å². The molecule has 0 saturated carbocycles. The number of aryl methyl sites for hydroxylation is 1. The molecule has 3 aliphatic rings. The SMILES string of the molecule is N#Cc1c(NC(=O)C2CC(=O)N(c3ccc(N4CCCC4)cc3)C2)sc2c1CCCC2. The van der Waals surface area contributed by atoms with Gasteiger partial charge in [0.15, 0.2) is 0 Å². The molecule has 1 unspecified atom stereocenters. The van der Waals surface area contributed by atoms with Gasteiger partial charge in [0, 0.05) is 42.3 Å². The van der Waals surface area contributed by atoms with E-state index in [2.05, 4.69) is 28.4 Å². The van der Waals surface area contributed by atoms with Crippen molar-refractivity contribution in [3.63, 3.8) is 0 Å². The lowest BCUT2D eigenvalue weighted by Crippen LogP contribution is -2.28. The van der Waals surface area contributed by atoms with Crippen LogP contribution < -0.4 is 15.1 Å². The predicted octanol–water partition coefficient (Wildman–Crippen LogP) is 4.09. The number of anilines is 3. The smallest absolute Gasteiger partial charge is 0.230 e. The first-order valence-corrected chi connectivity index (χ1v) is 12.0. The Morgan fingerprint density at radius 2 is 1.77 bits per heavy atom. The average molecular weight is 435 g/mol. The largest absolute Gasteiger partial charge is 0.372 e. The third-order valence-electron chi connectivity index (χ3n) is 6.65. The van der Waals surface area contributed by atoms with Crippen molar-refractivity contribution in [1.29, 1.82) is 5.26 Å². The molecule has 31 heavy (non-hydrogen) atoms. The van der Waals surface area contributed by atoms with Crippen molar-refractivity contribution in [2.45, 2.75) is 44.9 Å². The third kappa shape index (κ3) is 3.81. The number of hydrogen-bond donors (Lipinski definition) is 1. The summed E-state index contributed by atoms with van der Waals surface area (Å²) in [7, 11) is 0. The highest BCUT2D eigenvalue weighted by Crippen LogP contribution is 2.38. The Hall–Kier alpha value is -2.85. The first-order chi connectivity index (χ1) is 15.1. The standard InChI is InChI=1S/C24H26N4O2S/c25-14-20-19-5-1-2-6-21(19)31-24(20)26-23(30)16-13-22(29)28(15-16)18-9-7-17(8-10-18)27-11-3-4-12-27/h7-10,16H,1-6,11-13,15H2,(H,26,30). The highest BCUT2D eigenvalue weighted by atomic mass is 32.1. The maximum absolute atomic E-state index is 12.9. The number of rotatable bonds is 4. The molecule has 2 aromatic rings. The zero-order chi connectivity index (χ0) is 21.4. The summed E-state index contributed by atoms with van der Waals surface area (Å²) < 4.78 is 0. The molecular weight excluding hydrogens is 408 g/mol. The van der Waals surface area contributed by atoms with Crippen molar-refractivity contribution in [3.8, 4) is 6.07 Å². The molecule has 2 fully saturated rings. The molecule has 3 heterocycles. The summed E-state index contributed by atoms with van der Waals surface area (Å²) in [6.45, 7) is 2.54. The zero-order valence-corrected chi connectivity index (χ0v) is 18.3. The van der Waals surface area contributed by atoms with Gasteiger partial charge in [-0.25, -0.2) is 0 Å². The average Bonchev–Trinajstić information content (AvgIpc) is 3.52. The van der Waals surface area contributed by atoms with Crippen LogP contribution in [0, 0.1) is 17.2 Å². The summed E-state index contributed by atoms with van der Waals surface area (Å²) in [6, 6.07) is 10.4. The monoisotopic (exact) mass is 434 g/mol. The minimum Gasteiger partial charge on any atom is -0.372 e. The lowest BCUT2D eigenvalue weighted by molar-refractivity contribution is -0.122. The van der Waals surface area contributed by atoms with E-state index in [4.69, 9.17) is 0 Å². The van der Waals surface area contributed by atoms with E-state index in [1.807, 2.05) is 12.1 Å². The summed E-state index contributed by atoms with van der Waals surface area (Å²) in [4.78, 5) is 30.9. The number of benzene rings is 1. The van der Waals surface area contributed by atoms with Crippen LogP contribution in [-0.4, -0.2) is 31.4 Å². The number of nitriles is 1. The van der Waals surface area contributed by atoms with Crippen LogP contribution >= 0.6 is 11.3 Å². The Morgan fingerprint density at radius 3 is 2.52 bits per heavy atom. The van der Waals surface area contributed by atoms with Crippen LogP contribution in [0.3, 0.4) is 0 Å². The number of fused-ring (bicyclic) bond motifs is 1. The Balaban J connectivity index is 1.27. The van der Waals surface area contributed by atoms with Crippen molar-refractivity contribution in [2.24, 2.45) is 5.92 Å². The number of carbonyl (C=O) groups is 2. The molecule has 5 rings (SSSR count). The molecule has 1 aliphatic carbocycles. The quantitative estimate of drug-likeness (QED) is 0.786. The summed E-state index contributed by atoms with van der Waals surface area (Å²) in [5.74, 6) is -0.601. The van der Waals surface area contributed by atoms with Gasteiger partial charge in [0.25, 0.3) is 0 Å². The maximum Gasteiger partial charge on any atom is 0.230 e. The molecule has 1 aromatic carbocycles. The van der Waals surface area contributed by atoms with Crippen LogP contribution in [0.25, 0.3) is 0 Å². The number of hydrogen-bond acceptors (Lipinski definition) is 5. The van der Waals surface area contributed by atoms with Crippen LogP contribution in [0.1, 0.15) is 48.1 Å². The van der Waals surface area contributed by atoms with Crippen LogP contribution in [0.5, 0.6) is 0 Å². The normalized spacial score (nSPS) is 20.6. The fraction of sp³-hybridized carbons (Fsp3) is 0.458. The van der Waals surface area contributed by atoms with Gasteiger partial charge in [0.2, 0.25) is 11.8 Å². The van der Waals surface area contributed by atoms with Gasteiger partial charge in [-0.2, -0.15) is 5.26 Å². The number of amides is 2. The highest BCUT2D eigenvalue weighted by molar-refractivity contribution is 7.16. The van der Waals surface area contributed by atoms with Gasteiger partial charge in [-0.15, -0.1) is 11.3 Å². The molecule has 2 amide bonds. The fourth-order valence-electron chi connectivity index (χ4n) is 4.94. The molecule has 160 valence electrons. The number of nitrogens with zero attached hydrogens (tertiary/aromatic N) is 3. The Kier molecular flexibility index (Phi) is 5.41. The van der Waals surface area contributed by atoms with E-state index >= 15 is 0 Å². The van der Waals surface area contributed by atoms with Crippen LogP contribution in [0.15, 0.2) is 24.3 Å². The van der Waals surface area contributed by atoms with Crippen LogP contribution in [-0.2, 0) is 22.4 Å². The minimum absolute atomic E-state index is 0.0277. The minimum atomic E-state index is -0.406. The van der Waals surface area contributed by atoms with E-state index in [0.29, 0.717) is 17.1 Å². The second kappa shape index (κ2) is 8.35. The van der Waals surface area contributed by atoms with Gasteiger partial charge in [-0.05, 0) is 68.4 Å². The predicted molar refractivity (Wildman–Crippen MR) is 123 cm³/mol. The summed E-state index contributed by atoms with van der Waals surface area (Å²) in [5.41, 5.74) is 3.75. The van der Waals surface area contributed by atoms with Crippen molar-refractivity contribution >= 4 is 39.5 Å². The van der Waals surface area contributed by atoms with Crippen molar-refractivity contribution in [2.75, 3.05) is 34.8 Å². The van der Waals surface area contributed by atoms with Gasteiger partial charge >= 0.3 is 0 Å². The molecule has 6 nitrogen and oxygen atoms in total. The summed E-state index contributed by atoms with van der Waals surface area (Å²) in [6.07, 6.45) is 6.77. The van der Waals surface area contributed by atoms with Gasteiger partial charge in [-0.3, -0.25) is 9.59 Å². The van der Waals surface area contributed by atoms with E-state index in [0.717, 1.165) is 50.0 Å². The Labute approximate surface area is 186 Å². The second-order valence-corrected chi connectivity index (χ2v) is 9.74. The first kappa shape index (κ1) is 20.1. The molecular formula is C24H26N4O2S. The lowest BCUT2D eigenvalue weighted by Gasteiger charge is -2.20. The van der Waals surface area contributed by atoms with E-state index < -0.39 is 5.92 Å². The van der Waals surface area contributed by atoms with Gasteiger partial charge in [-0.1, -0.05) is 0 Å². The van der Waals surface area contributed by atoms with E-state index in [1.165, 1.54) is 34.7 Å². The number of thiophene rings is 1. The Bertz CT molecular complexity index is 1050. The molecule has 1 atom stereocenters. The highest BCUT2D eigenvalue weighted by Gasteiger charge is 2.36. The molecule has 2 aliphatic heterocycles. The van der Waals surface area contributed by atoms with E-state index in [1.54, 1.807) is 4.90 Å². The second-order valence-electron chi connectivity index (χ2n) is 8.63. The number of nitrogens with one attached hydrogen (secondary N) is 1. The first-order valence-electron chi connectivity index (χ1n) is 11.1. The fourth-order valence-corrected chi connectivity index (χ4v) is 6.18. The zero-order valence-electron chi connectivity index (χ0n) is 17.5. The third-order valence-corrected chi connectivity index (χ3v) is 7.86. The van der Waals surface area contributed by atoms with Gasteiger partial charge < -0.3 is 15.1 Å². The molecule has 0 spiro atoms. The molecule has 0 bridgehead atoms. The van der Waals surface area contributed by atoms with Gasteiger partial charge in [0.05, 0.1) is 11.5 Å². The molecule has 7 heteroatoms. The van der Waals surface area contributed by atoms with E-state index in [-0.39, 0.29) is 18.2 Å². The molecule has 2 saturated heterocycles. The van der Waals surface area contributed by atoms with E-state index in [9.17, 15) is 14.9 Å². The molecule has 0 radical (unpaired) electrons. The number of carbonyl (C=O) groups excluding carboxylic acids is 2. The van der Waals surface area contributed by atoms with Crippen LogP contribution in [0.2, 0.25) is 0 Å². The van der Waals surface area contributed by atoms with Crippen molar-refractivity contribution in [3.05, 3.63) is 40.3 Å². The summed E-state index contributed by atoms with van der Waals surface area (Å²) in [5, 5.41) is 13.2. The Morgan fingerprint density at radius 1 is 1.06 bits per heavy atom. The molecule has 1 N–H and O–H groups in total. The summed E-state index contributed by atoms with van der Waals surface area (Å²) >= 11 is 1.53. The lowest BCUT2D eigenvalue weighted by atomic mass is 9.96. The van der Waals surface area contributed by atoms with Crippen LogP contribution in [0.4, 0.5) is 16.4 Å². The topological polar surface area (TPSA) is 76.4 Å². The molecule has 1 aromatic heterocycles. The van der Waals surface area contributed by atoms with Crippen molar-refractivity contribution < 1.29 is 9.59 Å².